The summed E-state index contributed by atoms with van der Waals surface area (Å²) >= 11 is 0. The summed E-state index contributed by atoms with van der Waals surface area (Å²) < 4.78 is 18.3. The van der Waals surface area contributed by atoms with E-state index in [1.165, 1.54) is 17.7 Å². The maximum atomic E-state index is 13.1. The topological polar surface area (TPSA) is 73.8 Å². The molecule has 1 fully saturated rings. The number of rotatable bonds is 10. The Labute approximate surface area is 202 Å². The first kappa shape index (κ1) is 26.0. The van der Waals surface area contributed by atoms with Gasteiger partial charge in [-0.05, 0) is 80.4 Å². The van der Waals surface area contributed by atoms with Gasteiger partial charge in [0.25, 0.3) is 0 Å². The van der Waals surface area contributed by atoms with Crippen LogP contribution < -0.4 is 15.4 Å². The third-order valence-electron chi connectivity index (χ3n) is 6.42. The van der Waals surface area contributed by atoms with Gasteiger partial charge in [-0.25, -0.2) is 9.18 Å². The summed E-state index contributed by atoms with van der Waals surface area (Å²) in [6, 6.07) is 13.3. The Morgan fingerprint density at radius 3 is 2.53 bits per heavy atom. The van der Waals surface area contributed by atoms with E-state index in [1.54, 1.807) is 19.2 Å². The van der Waals surface area contributed by atoms with Crippen LogP contribution in [0.25, 0.3) is 0 Å². The van der Waals surface area contributed by atoms with Crippen molar-refractivity contribution in [2.45, 2.75) is 51.7 Å². The molecule has 2 amide bonds. The zero-order valence-electron chi connectivity index (χ0n) is 20.5. The number of piperidine rings is 1. The minimum atomic E-state index is -0.660. The molecular formula is C27H38FN3O3. The molecule has 1 aliphatic heterocycles. The number of carbonyl (C=O) groups excluding carboxylic acids is 1. The van der Waals surface area contributed by atoms with Crippen LogP contribution in [0.4, 0.5) is 14.9 Å². The van der Waals surface area contributed by atoms with E-state index < -0.39 is 6.10 Å². The molecule has 6 nitrogen and oxygen atoms in total. The molecule has 1 aliphatic rings. The maximum absolute atomic E-state index is 13.1. The van der Waals surface area contributed by atoms with Gasteiger partial charge in [0.1, 0.15) is 11.6 Å². The van der Waals surface area contributed by atoms with Crippen LogP contribution in [0.2, 0.25) is 0 Å². The SMILES string of the molecule is COc1cccc(NC(=O)NC(CC(C)C)C(O)CN2CCC(Cc3ccc(F)cc3)CC2)c1. The Bertz CT molecular complexity index is 898. The summed E-state index contributed by atoms with van der Waals surface area (Å²) in [5.41, 5.74) is 1.81. The van der Waals surface area contributed by atoms with Crippen LogP contribution >= 0.6 is 0 Å². The number of methoxy groups -OCH3 is 1. The van der Waals surface area contributed by atoms with E-state index in [4.69, 9.17) is 4.74 Å². The number of halogens is 1. The third kappa shape index (κ3) is 8.29. The molecule has 1 heterocycles. The van der Waals surface area contributed by atoms with Gasteiger partial charge < -0.3 is 25.4 Å². The van der Waals surface area contributed by atoms with Gasteiger partial charge in [-0.15, -0.1) is 0 Å². The second-order valence-electron chi connectivity index (χ2n) is 9.71. The quantitative estimate of drug-likeness (QED) is 0.470. The number of aliphatic hydroxyl groups is 1. The lowest BCUT2D eigenvalue weighted by molar-refractivity contribution is 0.0605. The number of nitrogens with zero attached hydrogens (tertiary/aromatic N) is 1. The van der Waals surface area contributed by atoms with Crippen molar-refractivity contribution in [2.75, 3.05) is 32.1 Å². The number of benzene rings is 2. The van der Waals surface area contributed by atoms with Gasteiger partial charge in [-0.2, -0.15) is 0 Å². The molecule has 0 saturated carbocycles. The van der Waals surface area contributed by atoms with E-state index in [2.05, 4.69) is 29.4 Å². The highest BCUT2D eigenvalue weighted by Crippen LogP contribution is 2.23. The van der Waals surface area contributed by atoms with Gasteiger partial charge in [0.2, 0.25) is 0 Å². The Hall–Kier alpha value is -2.64. The summed E-state index contributed by atoms with van der Waals surface area (Å²) in [7, 11) is 1.58. The molecule has 0 bridgehead atoms. The van der Waals surface area contributed by atoms with Crippen LogP contribution in [0.15, 0.2) is 48.5 Å². The number of aliphatic hydroxyl groups excluding tert-OH is 1. The average Bonchev–Trinajstić information content (AvgIpc) is 2.81. The van der Waals surface area contributed by atoms with E-state index in [1.807, 2.05) is 24.3 Å². The lowest BCUT2D eigenvalue weighted by atomic mass is 9.89. The molecule has 0 aromatic heterocycles. The van der Waals surface area contributed by atoms with Crippen molar-refractivity contribution in [1.82, 2.24) is 10.2 Å². The average molecular weight is 472 g/mol. The number of carbonyl (C=O) groups is 1. The molecule has 3 N–H and O–H groups in total. The maximum Gasteiger partial charge on any atom is 0.319 e. The molecular weight excluding hydrogens is 433 g/mol. The number of ether oxygens (including phenoxy) is 1. The van der Waals surface area contributed by atoms with Gasteiger partial charge in [0.05, 0.1) is 19.3 Å². The van der Waals surface area contributed by atoms with E-state index in [9.17, 15) is 14.3 Å². The smallest absolute Gasteiger partial charge is 0.319 e. The molecule has 2 aromatic rings. The lowest BCUT2D eigenvalue weighted by Crippen LogP contribution is -2.51. The Kier molecular flexibility index (Phi) is 9.72. The normalized spacial score (nSPS) is 16.8. The Morgan fingerprint density at radius 2 is 1.88 bits per heavy atom. The molecule has 0 aliphatic carbocycles. The van der Waals surface area contributed by atoms with Crippen molar-refractivity contribution in [2.24, 2.45) is 11.8 Å². The number of hydrogen-bond donors (Lipinski definition) is 3. The van der Waals surface area contributed by atoms with Gasteiger partial charge >= 0.3 is 6.03 Å². The molecule has 1 saturated heterocycles. The van der Waals surface area contributed by atoms with Crippen molar-refractivity contribution >= 4 is 11.7 Å². The largest absolute Gasteiger partial charge is 0.497 e. The number of urea groups is 1. The summed E-state index contributed by atoms with van der Waals surface area (Å²) in [4.78, 5) is 14.9. The first-order chi connectivity index (χ1) is 16.3. The van der Waals surface area contributed by atoms with Crippen LogP contribution in [-0.2, 0) is 6.42 Å². The van der Waals surface area contributed by atoms with Gasteiger partial charge in [-0.1, -0.05) is 32.0 Å². The van der Waals surface area contributed by atoms with Crippen molar-refractivity contribution in [1.29, 1.82) is 0 Å². The first-order valence-corrected chi connectivity index (χ1v) is 12.2. The summed E-state index contributed by atoms with van der Waals surface area (Å²) in [6.45, 7) is 6.52. The van der Waals surface area contributed by atoms with Crippen LogP contribution in [0.3, 0.4) is 0 Å². The fourth-order valence-corrected chi connectivity index (χ4v) is 4.58. The van der Waals surface area contributed by atoms with Crippen LogP contribution in [0.5, 0.6) is 5.75 Å². The fourth-order valence-electron chi connectivity index (χ4n) is 4.58. The number of β-amino-alcohol motifs (C(OH)–C–C–N with tert-alkyl or cyclic N) is 1. The molecule has 7 heteroatoms. The minimum Gasteiger partial charge on any atom is -0.497 e. The van der Waals surface area contributed by atoms with Crippen LogP contribution in [0, 0.1) is 17.7 Å². The molecule has 2 unspecified atom stereocenters. The van der Waals surface area contributed by atoms with E-state index in [0.29, 0.717) is 36.2 Å². The summed E-state index contributed by atoms with van der Waals surface area (Å²) in [5, 5.41) is 16.8. The zero-order chi connectivity index (χ0) is 24.5. The Balaban J connectivity index is 1.49. The highest BCUT2D eigenvalue weighted by molar-refractivity contribution is 5.89. The highest BCUT2D eigenvalue weighted by Gasteiger charge is 2.27. The molecule has 0 spiro atoms. The predicted molar refractivity (Wildman–Crippen MR) is 134 cm³/mol. The minimum absolute atomic E-state index is 0.200. The van der Waals surface area contributed by atoms with E-state index in [-0.39, 0.29) is 17.9 Å². The first-order valence-electron chi connectivity index (χ1n) is 12.2. The van der Waals surface area contributed by atoms with Gasteiger partial charge in [0.15, 0.2) is 0 Å². The summed E-state index contributed by atoms with van der Waals surface area (Å²) in [6.07, 6.45) is 3.07. The van der Waals surface area contributed by atoms with Crippen molar-refractivity contribution in [3.8, 4) is 5.75 Å². The van der Waals surface area contributed by atoms with Crippen molar-refractivity contribution in [3.05, 3.63) is 59.9 Å². The molecule has 2 atom stereocenters. The van der Waals surface area contributed by atoms with E-state index in [0.717, 1.165) is 32.4 Å². The number of amides is 2. The van der Waals surface area contributed by atoms with Gasteiger partial charge in [0, 0.05) is 18.3 Å². The predicted octanol–water partition coefficient (Wildman–Crippen LogP) is 4.69. The number of anilines is 1. The molecule has 3 rings (SSSR count). The second kappa shape index (κ2) is 12.7. The fraction of sp³-hybridized carbons (Fsp3) is 0.519. The van der Waals surface area contributed by atoms with Gasteiger partial charge in [-0.3, -0.25) is 0 Å². The third-order valence-corrected chi connectivity index (χ3v) is 6.42. The second-order valence-corrected chi connectivity index (χ2v) is 9.71. The molecule has 186 valence electrons. The van der Waals surface area contributed by atoms with Crippen LogP contribution in [-0.4, -0.2) is 54.9 Å². The molecule has 0 radical (unpaired) electrons. The number of nitrogens with one attached hydrogen (secondary N) is 2. The summed E-state index contributed by atoms with van der Waals surface area (Å²) in [5.74, 6) is 1.36. The molecule has 2 aromatic carbocycles. The highest BCUT2D eigenvalue weighted by atomic mass is 19.1. The standard InChI is InChI=1S/C27H38FN3O3/c1-19(2)15-25(30-27(33)29-23-5-4-6-24(17-23)34-3)26(32)18-31-13-11-21(12-14-31)16-20-7-9-22(28)10-8-20/h4-10,17,19,21,25-26,32H,11-16,18H2,1-3H3,(H2,29,30,33). The molecule has 34 heavy (non-hydrogen) atoms. The van der Waals surface area contributed by atoms with Crippen LogP contribution in [0.1, 0.15) is 38.7 Å². The number of hydrogen-bond acceptors (Lipinski definition) is 4. The van der Waals surface area contributed by atoms with Crippen molar-refractivity contribution in [3.63, 3.8) is 0 Å². The van der Waals surface area contributed by atoms with E-state index >= 15 is 0 Å². The van der Waals surface area contributed by atoms with Crippen molar-refractivity contribution < 1.29 is 19.0 Å². The lowest BCUT2D eigenvalue weighted by Gasteiger charge is -2.35. The Morgan fingerprint density at radius 1 is 1.18 bits per heavy atom. The number of likely N-dealkylation sites (tertiary alicyclic amines) is 1. The zero-order valence-corrected chi connectivity index (χ0v) is 20.5. The monoisotopic (exact) mass is 471 g/mol.